The van der Waals surface area contributed by atoms with Crippen LogP contribution < -0.4 is 0 Å². The molecule has 1 saturated heterocycles. The van der Waals surface area contributed by atoms with E-state index < -0.39 is 0 Å². The van der Waals surface area contributed by atoms with E-state index in [4.69, 9.17) is 5.11 Å². The zero-order chi connectivity index (χ0) is 9.68. The number of rotatable bonds is 5. The van der Waals surface area contributed by atoms with E-state index in [1.165, 1.54) is 0 Å². The quantitative estimate of drug-likeness (QED) is 0.584. The molecule has 3 nitrogen and oxygen atoms in total. The van der Waals surface area contributed by atoms with Crippen molar-refractivity contribution in [3.63, 3.8) is 0 Å². The maximum atomic E-state index is 11.4. The number of aliphatic hydroxyl groups excluding tert-OH is 1. The molecule has 0 saturated carbocycles. The van der Waals surface area contributed by atoms with E-state index in [2.05, 4.69) is 15.9 Å². The molecule has 0 spiro atoms. The number of unbranched alkanes of at least 4 members (excludes halogenated alkanes) is 1. The van der Waals surface area contributed by atoms with E-state index >= 15 is 0 Å². The summed E-state index contributed by atoms with van der Waals surface area (Å²) in [5.41, 5.74) is 0. The van der Waals surface area contributed by atoms with Gasteiger partial charge in [-0.05, 0) is 18.8 Å². The number of nitrogens with zero attached hydrogens (tertiary/aromatic N) is 1. The predicted molar refractivity (Wildman–Crippen MR) is 54.8 cm³/mol. The zero-order valence-corrected chi connectivity index (χ0v) is 9.29. The summed E-state index contributed by atoms with van der Waals surface area (Å²) in [5, 5.41) is 9.51. The third kappa shape index (κ3) is 3.27. The Morgan fingerprint density at radius 2 is 2.31 bits per heavy atom. The number of alkyl halides is 1. The fraction of sp³-hybridized carbons (Fsp3) is 0.889. The van der Waals surface area contributed by atoms with Crippen molar-refractivity contribution < 1.29 is 9.90 Å². The number of amides is 1. The van der Waals surface area contributed by atoms with Crippen LogP contribution in [0.5, 0.6) is 0 Å². The summed E-state index contributed by atoms with van der Waals surface area (Å²) in [7, 11) is 0. The van der Waals surface area contributed by atoms with Crippen LogP contribution in [0, 0.1) is 5.92 Å². The number of carbonyl (C=O) groups excluding carboxylic acids is 1. The van der Waals surface area contributed by atoms with Gasteiger partial charge in [0.1, 0.15) is 0 Å². The molecule has 1 aliphatic rings. The lowest BCUT2D eigenvalue weighted by Gasteiger charge is -2.15. The molecule has 0 bridgehead atoms. The van der Waals surface area contributed by atoms with Gasteiger partial charge in [0.05, 0.1) is 0 Å². The Hall–Kier alpha value is -0.0900. The van der Waals surface area contributed by atoms with E-state index in [1.54, 1.807) is 0 Å². The van der Waals surface area contributed by atoms with Crippen LogP contribution in [0.4, 0.5) is 0 Å². The van der Waals surface area contributed by atoms with Crippen LogP contribution in [0.15, 0.2) is 0 Å². The average molecular weight is 250 g/mol. The van der Waals surface area contributed by atoms with Crippen LogP contribution in [0.1, 0.15) is 19.3 Å². The van der Waals surface area contributed by atoms with Gasteiger partial charge >= 0.3 is 0 Å². The SMILES string of the molecule is O=C1CC(CBr)CN1CCCCO. The van der Waals surface area contributed by atoms with Gasteiger partial charge in [-0.3, -0.25) is 4.79 Å². The summed E-state index contributed by atoms with van der Waals surface area (Å²) in [4.78, 5) is 13.3. The Morgan fingerprint density at radius 1 is 1.54 bits per heavy atom. The highest BCUT2D eigenvalue weighted by Crippen LogP contribution is 2.19. The van der Waals surface area contributed by atoms with E-state index in [9.17, 15) is 4.79 Å². The van der Waals surface area contributed by atoms with Gasteiger partial charge in [0.2, 0.25) is 5.91 Å². The highest BCUT2D eigenvalue weighted by molar-refractivity contribution is 9.09. The molecule has 0 radical (unpaired) electrons. The summed E-state index contributed by atoms with van der Waals surface area (Å²) >= 11 is 3.39. The van der Waals surface area contributed by atoms with Gasteiger partial charge in [0.15, 0.2) is 0 Å². The molecule has 1 unspecified atom stereocenters. The first kappa shape index (κ1) is 11.0. The van der Waals surface area contributed by atoms with E-state index in [0.717, 1.165) is 31.3 Å². The molecule has 1 atom stereocenters. The van der Waals surface area contributed by atoms with Gasteiger partial charge in [-0.25, -0.2) is 0 Å². The lowest BCUT2D eigenvalue weighted by atomic mass is 10.2. The highest BCUT2D eigenvalue weighted by atomic mass is 79.9. The Kier molecular flexibility index (Phi) is 4.73. The molecule has 4 heteroatoms. The lowest BCUT2D eigenvalue weighted by Crippen LogP contribution is -2.26. The Balaban J connectivity index is 2.23. The Labute approximate surface area is 87.2 Å². The number of carbonyl (C=O) groups is 1. The fourth-order valence-corrected chi connectivity index (χ4v) is 2.02. The summed E-state index contributed by atoms with van der Waals surface area (Å²) in [6.45, 7) is 1.92. The molecular weight excluding hydrogens is 234 g/mol. The smallest absolute Gasteiger partial charge is 0.222 e. The fourth-order valence-electron chi connectivity index (χ4n) is 1.59. The zero-order valence-electron chi connectivity index (χ0n) is 7.71. The minimum absolute atomic E-state index is 0.226. The molecule has 0 aromatic rings. The minimum atomic E-state index is 0.226. The van der Waals surface area contributed by atoms with E-state index in [1.807, 2.05) is 4.90 Å². The van der Waals surface area contributed by atoms with E-state index in [-0.39, 0.29) is 12.5 Å². The first-order valence-electron chi connectivity index (χ1n) is 4.72. The number of halogens is 1. The number of hydrogen-bond acceptors (Lipinski definition) is 2. The van der Waals surface area contributed by atoms with Crippen molar-refractivity contribution in [1.82, 2.24) is 4.90 Å². The van der Waals surface area contributed by atoms with Gasteiger partial charge in [0.25, 0.3) is 0 Å². The molecule has 1 fully saturated rings. The molecule has 1 rings (SSSR count). The summed E-state index contributed by atoms with van der Waals surface area (Å²) in [6, 6.07) is 0. The second kappa shape index (κ2) is 5.60. The third-order valence-electron chi connectivity index (χ3n) is 2.35. The topological polar surface area (TPSA) is 40.5 Å². The average Bonchev–Trinajstić information content (AvgIpc) is 2.48. The molecule has 76 valence electrons. The first-order chi connectivity index (χ1) is 6.27. The monoisotopic (exact) mass is 249 g/mol. The van der Waals surface area contributed by atoms with Crippen LogP contribution in [-0.2, 0) is 4.79 Å². The van der Waals surface area contributed by atoms with Crippen molar-refractivity contribution in [2.75, 3.05) is 25.0 Å². The molecule has 1 amide bonds. The van der Waals surface area contributed by atoms with Crippen LogP contribution in [0.25, 0.3) is 0 Å². The maximum absolute atomic E-state index is 11.4. The molecule has 13 heavy (non-hydrogen) atoms. The summed E-state index contributed by atoms with van der Waals surface area (Å²) in [6.07, 6.45) is 2.39. The van der Waals surface area contributed by atoms with Crippen molar-refractivity contribution in [2.45, 2.75) is 19.3 Å². The van der Waals surface area contributed by atoms with Crippen molar-refractivity contribution >= 4 is 21.8 Å². The lowest BCUT2D eigenvalue weighted by molar-refractivity contribution is -0.127. The maximum Gasteiger partial charge on any atom is 0.222 e. The van der Waals surface area contributed by atoms with Crippen molar-refractivity contribution in [2.24, 2.45) is 5.92 Å². The summed E-state index contributed by atoms with van der Waals surface area (Å²) in [5.74, 6) is 0.754. The number of aliphatic hydroxyl groups is 1. The molecular formula is C9H16BrNO2. The van der Waals surface area contributed by atoms with Crippen molar-refractivity contribution in [1.29, 1.82) is 0 Å². The minimum Gasteiger partial charge on any atom is -0.396 e. The van der Waals surface area contributed by atoms with Crippen LogP contribution in [-0.4, -0.2) is 40.9 Å². The van der Waals surface area contributed by atoms with Crippen LogP contribution in [0.2, 0.25) is 0 Å². The number of hydrogen-bond donors (Lipinski definition) is 1. The largest absolute Gasteiger partial charge is 0.396 e. The van der Waals surface area contributed by atoms with Gasteiger partial charge < -0.3 is 10.0 Å². The molecule has 0 aromatic carbocycles. The highest BCUT2D eigenvalue weighted by Gasteiger charge is 2.27. The normalized spacial score (nSPS) is 22.8. The first-order valence-corrected chi connectivity index (χ1v) is 5.84. The van der Waals surface area contributed by atoms with Crippen molar-refractivity contribution in [3.8, 4) is 0 Å². The Bertz CT molecular complexity index is 175. The van der Waals surface area contributed by atoms with Crippen LogP contribution in [0.3, 0.4) is 0 Å². The van der Waals surface area contributed by atoms with Crippen LogP contribution >= 0.6 is 15.9 Å². The molecule has 0 aliphatic carbocycles. The third-order valence-corrected chi connectivity index (χ3v) is 3.26. The molecule has 1 heterocycles. The van der Waals surface area contributed by atoms with Gasteiger partial charge in [-0.1, -0.05) is 15.9 Å². The summed E-state index contributed by atoms with van der Waals surface area (Å²) < 4.78 is 0. The second-order valence-electron chi connectivity index (χ2n) is 3.49. The second-order valence-corrected chi connectivity index (χ2v) is 4.14. The van der Waals surface area contributed by atoms with Gasteiger partial charge in [0, 0.05) is 31.4 Å². The van der Waals surface area contributed by atoms with Gasteiger partial charge in [-0.2, -0.15) is 0 Å². The van der Waals surface area contributed by atoms with Crippen molar-refractivity contribution in [3.05, 3.63) is 0 Å². The standard InChI is InChI=1S/C9H16BrNO2/c10-6-8-5-9(13)11(7-8)3-1-2-4-12/h8,12H,1-7H2. The van der Waals surface area contributed by atoms with Gasteiger partial charge in [-0.15, -0.1) is 0 Å². The molecule has 1 N–H and O–H groups in total. The molecule has 1 aliphatic heterocycles. The predicted octanol–water partition coefficient (Wildman–Crippen LogP) is 1.00. The van der Waals surface area contributed by atoms with E-state index in [0.29, 0.717) is 12.3 Å². The number of likely N-dealkylation sites (tertiary alicyclic amines) is 1. The Morgan fingerprint density at radius 3 is 2.85 bits per heavy atom. The molecule has 0 aromatic heterocycles.